The normalized spacial score (nSPS) is 9.88. The van der Waals surface area contributed by atoms with E-state index in [-0.39, 0.29) is 9.75 Å². The van der Waals surface area contributed by atoms with E-state index in [0.717, 1.165) is 11.3 Å². The maximum Gasteiger partial charge on any atom is 0.353 e. The summed E-state index contributed by atoms with van der Waals surface area (Å²) in [4.78, 5) is 22.7. The van der Waals surface area contributed by atoms with Gasteiger partial charge in [0.05, 0.1) is 0 Å². The molecule has 0 amide bonds. The van der Waals surface area contributed by atoms with Gasteiger partial charge < -0.3 is 9.84 Å². The standard InChI is InChI=1S/C12H8O4S/c13-11(14)9-6-7-10(17-9)12(15)16-8-4-2-1-3-5-8/h1-7H,(H,13,14). The molecule has 1 aromatic carbocycles. The van der Waals surface area contributed by atoms with E-state index in [9.17, 15) is 9.59 Å². The van der Waals surface area contributed by atoms with Gasteiger partial charge in [0.1, 0.15) is 15.5 Å². The van der Waals surface area contributed by atoms with Crippen LogP contribution in [-0.4, -0.2) is 17.0 Å². The zero-order valence-corrected chi connectivity index (χ0v) is 9.44. The summed E-state index contributed by atoms with van der Waals surface area (Å²) in [5, 5.41) is 8.73. The van der Waals surface area contributed by atoms with Gasteiger partial charge in [-0.1, -0.05) is 18.2 Å². The summed E-state index contributed by atoms with van der Waals surface area (Å²) in [6, 6.07) is 11.5. The van der Waals surface area contributed by atoms with Crippen molar-refractivity contribution in [3.63, 3.8) is 0 Å². The second-order valence-corrected chi connectivity index (χ2v) is 4.26. The fourth-order valence-electron chi connectivity index (χ4n) is 1.21. The summed E-state index contributed by atoms with van der Waals surface area (Å²) in [6.07, 6.45) is 0. The van der Waals surface area contributed by atoms with Crippen LogP contribution in [0.5, 0.6) is 5.75 Å². The molecule has 4 nitrogen and oxygen atoms in total. The summed E-state index contributed by atoms with van der Waals surface area (Å²) < 4.78 is 5.07. The first-order valence-electron chi connectivity index (χ1n) is 4.77. The van der Waals surface area contributed by atoms with E-state index in [1.54, 1.807) is 24.3 Å². The van der Waals surface area contributed by atoms with Crippen LogP contribution in [0.2, 0.25) is 0 Å². The lowest BCUT2D eigenvalue weighted by atomic mass is 10.3. The topological polar surface area (TPSA) is 63.6 Å². The van der Waals surface area contributed by atoms with Crippen LogP contribution in [0, 0.1) is 0 Å². The molecule has 1 aromatic heterocycles. The van der Waals surface area contributed by atoms with Crippen LogP contribution >= 0.6 is 11.3 Å². The van der Waals surface area contributed by atoms with Crippen molar-refractivity contribution < 1.29 is 19.4 Å². The summed E-state index contributed by atoms with van der Waals surface area (Å²) >= 11 is 0.894. The Kier molecular flexibility index (Phi) is 3.20. The molecule has 0 aliphatic rings. The Hall–Kier alpha value is -2.14. The molecule has 0 atom stereocenters. The van der Waals surface area contributed by atoms with Gasteiger partial charge >= 0.3 is 11.9 Å². The zero-order chi connectivity index (χ0) is 12.3. The molecule has 0 aliphatic heterocycles. The van der Waals surface area contributed by atoms with Gasteiger partial charge in [0.25, 0.3) is 0 Å². The highest BCUT2D eigenvalue weighted by Crippen LogP contribution is 2.19. The van der Waals surface area contributed by atoms with E-state index in [4.69, 9.17) is 9.84 Å². The van der Waals surface area contributed by atoms with Crippen LogP contribution in [0.4, 0.5) is 0 Å². The molecule has 0 aliphatic carbocycles. The molecule has 5 heteroatoms. The van der Waals surface area contributed by atoms with Crippen molar-refractivity contribution in [3.8, 4) is 5.75 Å². The Labute approximate surface area is 101 Å². The second kappa shape index (κ2) is 4.80. The van der Waals surface area contributed by atoms with Gasteiger partial charge in [0.15, 0.2) is 0 Å². The molecule has 2 aromatic rings. The molecule has 0 bridgehead atoms. The Morgan fingerprint density at radius 3 is 2.24 bits per heavy atom. The third-order valence-electron chi connectivity index (χ3n) is 1.97. The number of carboxylic acid groups (broad SMARTS) is 1. The largest absolute Gasteiger partial charge is 0.477 e. The molecular formula is C12H8O4S. The van der Waals surface area contributed by atoms with Gasteiger partial charge in [-0.25, -0.2) is 9.59 Å². The first-order valence-corrected chi connectivity index (χ1v) is 5.59. The molecule has 0 saturated heterocycles. The Morgan fingerprint density at radius 2 is 1.65 bits per heavy atom. The molecule has 2 rings (SSSR count). The molecule has 0 saturated carbocycles. The van der Waals surface area contributed by atoms with Crippen molar-refractivity contribution in [2.45, 2.75) is 0 Å². The SMILES string of the molecule is O=C(O)c1ccc(C(=O)Oc2ccccc2)s1. The number of esters is 1. The second-order valence-electron chi connectivity index (χ2n) is 3.17. The number of para-hydroxylation sites is 1. The van der Waals surface area contributed by atoms with Crippen LogP contribution in [0.25, 0.3) is 0 Å². The van der Waals surface area contributed by atoms with Crippen LogP contribution in [0.3, 0.4) is 0 Å². The first-order chi connectivity index (χ1) is 8.16. The minimum atomic E-state index is -1.05. The number of hydrogen-bond acceptors (Lipinski definition) is 4. The van der Waals surface area contributed by atoms with E-state index in [2.05, 4.69) is 0 Å². The Bertz CT molecular complexity index is 545. The number of benzene rings is 1. The minimum absolute atomic E-state index is 0.116. The zero-order valence-electron chi connectivity index (χ0n) is 8.62. The maximum absolute atomic E-state index is 11.6. The van der Waals surface area contributed by atoms with Crippen molar-refractivity contribution in [1.82, 2.24) is 0 Å². The van der Waals surface area contributed by atoms with Crippen molar-refractivity contribution >= 4 is 23.3 Å². The monoisotopic (exact) mass is 248 g/mol. The number of ether oxygens (including phenoxy) is 1. The van der Waals surface area contributed by atoms with Gasteiger partial charge in [0, 0.05) is 0 Å². The quantitative estimate of drug-likeness (QED) is 0.670. The van der Waals surface area contributed by atoms with E-state index < -0.39 is 11.9 Å². The van der Waals surface area contributed by atoms with E-state index in [1.807, 2.05) is 6.07 Å². The van der Waals surface area contributed by atoms with Crippen molar-refractivity contribution in [2.75, 3.05) is 0 Å². The van der Waals surface area contributed by atoms with Crippen molar-refractivity contribution in [2.24, 2.45) is 0 Å². The highest BCUT2D eigenvalue weighted by Gasteiger charge is 2.14. The summed E-state index contributed by atoms with van der Waals surface area (Å²) in [5.41, 5.74) is 0. The highest BCUT2D eigenvalue weighted by atomic mass is 32.1. The number of rotatable bonds is 3. The molecule has 0 spiro atoms. The number of carbonyl (C=O) groups is 2. The number of hydrogen-bond donors (Lipinski definition) is 1. The number of carboxylic acids is 1. The summed E-state index contributed by atoms with van der Waals surface area (Å²) in [5.74, 6) is -1.16. The molecule has 1 N–H and O–H groups in total. The molecule has 0 fully saturated rings. The molecule has 86 valence electrons. The molecule has 0 unspecified atom stereocenters. The highest BCUT2D eigenvalue weighted by molar-refractivity contribution is 7.15. The van der Waals surface area contributed by atoms with Gasteiger partial charge in [-0.05, 0) is 24.3 Å². The van der Waals surface area contributed by atoms with Crippen molar-refractivity contribution in [3.05, 3.63) is 52.2 Å². The first kappa shape index (κ1) is 11.3. The maximum atomic E-state index is 11.6. The Morgan fingerprint density at radius 1 is 1.00 bits per heavy atom. The van der Waals surface area contributed by atoms with Gasteiger partial charge in [-0.3, -0.25) is 0 Å². The molecular weight excluding hydrogens is 240 g/mol. The lowest BCUT2D eigenvalue weighted by Gasteiger charge is -2.00. The van der Waals surface area contributed by atoms with Crippen LogP contribution in [0.15, 0.2) is 42.5 Å². The van der Waals surface area contributed by atoms with Crippen molar-refractivity contribution in [1.29, 1.82) is 0 Å². The minimum Gasteiger partial charge on any atom is -0.477 e. The Balaban J connectivity index is 2.12. The predicted molar refractivity (Wildman–Crippen MR) is 62.7 cm³/mol. The lowest BCUT2D eigenvalue weighted by molar-refractivity contribution is 0.0700. The van der Waals surface area contributed by atoms with Crippen LogP contribution in [0.1, 0.15) is 19.3 Å². The fraction of sp³-hybridized carbons (Fsp3) is 0. The van der Waals surface area contributed by atoms with E-state index in [1.165, 1.54) is 12.1 Å². The number of thiophene rings is 1. The van der Waals surface area contributed by atoms with Crippen LogP contribution in [-0.2, 0) is 0 Å². The average molecular weight is 248 g/mol. The third kappa shape index (κ3) is 2.70. The van der Waals surface area contributed by atoms with Gasteiger partial charge in [-0.2, -0.15) is 0 Å². The summed E-state index contributed by atoms with van der Waals surface area (Å²) in [7, 11) is 0. The number of aromatic carboxylic acids is 1. The molecule has 17 heavy (non-hydrogen) atoms. The lowest BCUT2D eigenvalue weighted by Crippen LogP contribution is -2.05. The fourth-order valence-corrected chi connectivity index (χ4v) is 1.93. The molecule has 1 heterocycles. The van der Waals surface area contributed by atoms with Gasteiger partial charge in [-0.15, -0.1) is 11.3 Å². The van der Waals surface area contributed by atoms with Crippen LogP contribution < -0.4 is 4.74 Å². The predicted octanol–water partition coefficient (Wildman–Crippen LogP) is 2.67. The third-order valence-corrected chi connectivity index (χ3v) is 3.02. The smallest absolute Gasteiger partial charge is 0.353 e. The summed E-state index contributed by atoms with van der Waals surface area (Å²) in [6.45, 7) is 0. The number of carbonyl (C=O) groups excluding carboxylic acids is 1. The van der Waals surface area contributed by atoms with Gasteiger partial charge in [0.2, 0.25) is 0 Å². The average Bonchev–Trinajstić information content (AvgIpc) is 2.79. The molecule has 0 radical (unpaired) electrons. The van der Waals surface area contributed by atoms with E-state index in [0.29, 0.717) is 5.75 Å². The van der Waals surface area contributed by atoms with E-state index >= 15 is 0 Å².